The number of thiophene rings is 1. The van der Waals surface area contributed by atoms with Gasteiger partial charge in [-0.05, 0) is 71.4 Å². The summed E-state index contributed by atoms with van der Waals surface area (Å²) in [6.07, 6.45) is 6.75. The number of Topliss-reactive ketones (excluding diaryl/α,β-unsaturated/α-hetero) is 1. The Bertz CT molecular complexity index is 1600. The van der Waals surface area contributed by atoms with Crippen LogP contribution in [0.15, 0.2) is 54.0 Å². The fourth-order valence-corrected chi connectivity index (χ4v) is 6.21. The molecule has 1 aliphatic rings. The van der Waals surface area contributed by atoms with Crippen molar-refractivity contribution in [3.63, 3.8) is 0 Å². The third-order valence-electron chi connectivity index (χ3n) is 7.54. The summed E-state index contributed by atoms with van der Waals surface area (Å²) in [6, 6.07) is 14.0. The van der Waals surface area contributed by atoms with Crippen molar-refractivity contribution in [2.75, 3.05) is 7.11 Å². The number of aryl methyl sites for hydroxylation is 1. The van der Waals surface area contributed by atoms with Crippen molar-refractivity contribution < 1.29 is 14.3 Å². The van der Waals surface area contributed by atoms with Gasteiger partial charge in [-0.3, -0.25) is 9.59 Å². The first-order valence-corrected chi connectivity index (χ1v) is 14.8. The van der Waals surface area contributed by atoms with Crippen molar-refractivity contribution in [2.45, 2.75) is 64.8 Å². The Morgan fingerprint density at radius 3 is 2.83 bits per heavy atom. The molecule has 1 aliphatic heterocycles. The number of amides is 1. The molecule has 0 saturated heterocycles. The lowest BCUT2D eigenvalue weighted by molar-refractivity contribution is -0.121. The number of nitrogens with one attached hydrogen (secondary N) is 3. The van der Waals surface area contributed by atoms with Gasteiger partial charge in [0, 0.05) is 39.7 Å². The zero-order chi connectivity index (χ0) is 28.1. The SMILES string of the molecule is CCC(=O)CCCCCC(NC(=O)Cc1c(C)[nH]c2ccc(OC)cc12)C1=[N+]C=C(c2cccc3ccsc23)N1. The first kappa shape index (κ1) is 27.6. The Morgan fingerprint density at radius 2 is 2.00 bits per heavy atom. The zero-order valence-electron chi connectivity index (χ0n) is 23.3. The van der Waals surface area contributed by atoms with Crippen LogP contribution in [0.1, 0.15) is 62.3 Å². The Morgan fingerprint density at radius 1 is 1.12 bits per heavy atom. The third kappa shape index (κ3) is 6.12. The molecule has 0 aliphatic carbocycles. The van der Waals surface area contributed by atoms with Crippen LogP contribution in [0, 0.1) is 6.92 Å². The molecule has 8 heteroatoms. The lowest BCUT2D eigenvalue weighted by Gasteiger charge is -2.16. The van der Waals surface area contributed by atoms with Crippen molar-refractivity contribution >= 4 is 55.5 Å². The number of methoxy groups -OCH3 is 1. The van der Waals surface area contributed by atoms with E-state index in [2.05, 4.69) is 45.3 Å². The molecule has 0 bridgehead atoms. The maximum absolute atomic E-state index is 13.4. The summed E-state index contributed by atoms with van der Waals surface area (Å²) in [5.74, 6) is 1.75. The molecule has 0 fully saturated rings. The number of carbonyl (C=O) groups excluding carboxylic acids is 2. The Balaban J connectivity index is 1.29. The number of aromatic amines is 1. The third-order valence-corrected chi connectivity index (χ3v) is 8.50. The summed E-state index contributed by atoms with van der Waals surface area (Å²) < 4.78 is 6.63. The lowest BCUT2D eigenvalue weighted by Crippen LogP contribution is -2.47. The smallest absolute Gasteiger partial charge is 0.319 e. The molecule has 0 spiro atoms. The van der Waals surface area contributed by atoms with E-state index in [1.54, 1.807) is 18.4 Å². The predicted octanol–water partition coefficient (Wildman–Crippen LogP) is 5.99. The molecule has 1 atom stereocenters. The van der Waals surface area contributed by atoms with Gasteiger partial charge in [0.1, 0.15) is 17.6 Å². The maximum atomic E-state index is 13.4. The summed E-state index contributed by atoms with van der Waals surface area (Å²) in [4.78, 5) is 33.3. The van der Waals surface area contributed by atoms with E-state index in [4.69, 9.17) is 9.73 Å². The van der Waals surface area contributed by atoms with Gasteiger partial charge in [-0.2, -0.15) is 0 Å². The monoisotopic (exact) mass is 556 g/mol. The van der Waals surface area contributed by atoms with Crippen molar-refractivity contribution in [3.05, 3.63) is 70.9 Å². The number of rotatable bonds is 13. The highest BCUT2D eigenvalue weighted by molar-refractivity contribution is 7.17. The molecule has 3 heterocycles. The van der Waals surface area contributed by atoms with E-state index in [0.29, 0.717) is 18.6 Å². The average molecular weight is 557 g/mol. The van der Waals surface area contributed by atoms with Crippen LogP contribution in [0.3, 0.4) is 0 Å². The molecular formula is C32H36N4O3S+. The van der Waals surface area contributed by atoms with Crippen LogP contribution in [0.5, 0.6) is 5.75 Å². The molecule has 5 rings (SSSR count). The summed E-state index contributed by atoms with van der Waals surface area (Å²) in [5.41, 5.74) is 4.97. The number of nitrogens with zero attached hydrogens (tertiary/aromatic N) is 1. The maximum Gasteiger partial charge on any atom is 0.319 e. The van der Waals surface area contributed by atoms with Crippen LogP contribution in [-0.4, -0.2) is 35.7 Å². The van der Waals surface area contributed by atoms with Gasteiger partial charge >= 0.3 is 5.84 Å². The number of aromatic nitrogens is 1. The van der Waals surface area contributed by atoms with Gasteiger partial charge in [0.05, 0.1) is 13.5 Å². The van der Waals surface area contributed by atoms with Crippen LogP contribution < -0.4 is 20.4 Å². The minimum absolute atomic E-state index is 0.0590. The molecule has 7 nitrogen and oxygen atoms in total. The van der Waals surface area contributed by atoms with Gasteiger partial charge in [-0.1, -0.05) is 31.9 Å². The number of unbranched alkanes of at least 4 members (excludes halogenated alkanes) is 2. The van der Waals surface area contributed by atoms with Crippen molar-refractivity contribution in [2.24, 2.45) is 0 Å². The number of H-pyrrole nitrogens is 1. The second kappa shape index (κ2) is 12.5. The molecule has 207 valence electrons. The molecule has 1 unspecified atom stereocenters. The minimum atomic E-state index is -0.259. The molecule has 2 aromatic heterocycles. The largest absolute Gasteiger partial charge is 0.497 e. The summed E-state index contributed by atoms with van der Waals surface area (Å²) in [5, 5.41) is 11.1. The highest BCUT2D eigenvalue weighted by Crippen LogP contribution is 2.30. The van der Waals surface area contributed by atoms with Crippen LogP contribution in [0.4, 0.5) is 0 Å². The van der Waals surface area contributed by atoms with E-state index >= 15 is 0 Å². The quantitative estimate of drug-likeness (QED) is 0.176. The summed E-state index contributed by atoms with van der Waals surface area (Å²) in [6.45, 7) is 3.90. The van der Waals surface area contributed by atoms with Crippen LogP contribution in [0.25, 0.3) is 26.7 Å². The number of hydrogen-bond donors (Lipinski definition) is 3. The highest BCUT2D eigenvalue weighted by atomic mass is 32.1. The van der Waals surface area contributed by atoms with E-state index in [9.17, 15) is 9.59 Å². The Labute approximate surface area is 238 Å². The van der Waals surface area contributed by atoms with Gasteiger partial charge in [0.15, 0.2) is 11.9 Å². The van der Waals surface area contributed by atoms with Gasteiger partial charge in [0.25, 0.3) is 0 Å². The fourth-order valence-electron chi connectivity index (χ4n) is 5.28. The number of ether oxygens (including phenoxy) is 1. The lowest BCUT2D eigenvalue weighted by atomic mass is 10.0. The molecule has 3 N–H and O–H groups in total. The summed E-state index contributed by atoms with van der Waals surface area (Å²) in [7, 11) is 1.65. The van der Waals surface area contributed by atoms with E-state index in [-0.39, 0.29) is 18.4 Å². The highest BCUT2D eigenvalue weighted by Gasteiger charge is 2.32. The number of aliphatic imine (C=N–C) groups is 1. The van der Waals surface area contributed by atoms with Gasteiger partial charge < -0.3 is 15.0 Å². The predicted molar refractivity (Wildman–Crippen MR) is 164 cm³/mol. The van der Waals surface area contributed by atoms with Crippen molar-refractivity contribution in [1.82, 2.24) is 20.6 Å². The van der Waals surface area contributed by atoms with E-state index in [1.165, 1.54) is 10.1 Å². The Hall–Kier alpha value is -3.91. The minimum Gasteiger partial charge on any atom is -0.497 e. The first-order chi connectivity index (χ1) is 19.5. The molecule has 4 aromatic rings. The molecule has 2 aromatic carbocycles. The number of amidine groups is 1. The van der Waals surface area contributed by atoms with Crippen LogP contribution in [-0.2, 0) is 16.0 Å². The van der Waals surface area contributed by atoms with Crippen molar-refractivity contribution in [3.8, 4) is 5.75 Å². The molecule has 1 amide bonds. The van der Waals surface area contributed by atoms with Gasteiger partial charge in [0.2, 0.25) is 5.91 Å². The topological polar surface area (TPSA) is 97.3 Å². The van der Waals surface area contributed by atoms with E-state index in [1.807, 2.05) is 38.2 Å². The molecule has 0 saturated carbocycles. The fraction of sp³-hybridized carbons (Fsp3) is 0.344. The standard InChI is InChI=1S/C32H36N4O3S/c1-4-22(37)10-6-5-7-12-28(32-33-19-29(36-32)24-11-8-9-21-15-16-40-31(21)24)35-30(38)18-25-20(2)34-27-14-13-23(39-3)17-26(25)27/h8-9,11,13-17,19,28,34,36H,4-7,10,12,18H2,1-3H3,(H,35,38)/q+1. The summed E-state index contributed by atoms with van der Waals surface area (Å²) >= 11 is 1.71. The van der Waals surface area contributed by atoms with E-state index < -0.39 is 0 Å². The Kier molecular flexibility index (Phi) is 8.65. The van der Waals surface area contributed by atoms with Gasteiger partial charge in [-0.15, -0.1) is 11.3 Å². The van der Waals surface area contributed by atoms with E-state index in [0.717, 1.165) is 70.7 Å². The molecule has 1 radical (unpaired) electrons. The second-order valence-electron chi connectivity index (χ2n) is 10.3. The molecular weight excluding hydrogens is 520 g/mol. The number of ketones is 1. The number of fused-ring (bicyclic) bond motifs is 2. The van der Waals surface area contributed by atoms with Crippen LogP contribution >= 0.6 is 11.3 Å². The average Bonchev–Trinajstić information content (AvgIpc) is 3.71. The zero-order valence-corrected chi connectivity index (χ0v) is 24.1. The first-order valence-electron chi connectivity index (χ1n) is 13.9. The van der Waals surface area contributed by atoms with Crippen molar-refractivity contribution in [1.29, 1.82) is 0 Å². The van der Waals surface area contributed by atoms with Crippen LogP contribution in [0.2, 0.25) is 0 Å². The number of carbonyl (C=O) groups is 2. The normalized spacial score (nSPS) is 13.7. The second-order valence-corrected chi connectivity index (χ2v) is 11.2. The molecule has 40 heavy (non-hydrogen) atoms. The number of benzene rings is 2. The van der Waals surface area contributed by atoms with Gasteiger partial charge in [-0.25, -0.2) is 5.32 Å². The number of hydrogen-bond acceptors (Lipinski definition) is 6.